The molecule has 1 fully saturated rings. The standard InChI is InChI=1S/C20H19ClFN5O4/c1-11(28)31-19-10-25(18-8-12(21)2-5-15(18)27(29)30)7-6-16(19)26-17-9-13(22)3-4-14(17)24-20(26)23/h2-5,8-9,16,19H,6-7,10H2,1H3,(H2,23,24)/t16?,19-/m0/s1. The summed E-state index contributed by atoms with van der Waals surface area (Å²) in [5.41, 5.74) is 7.37. The molecule has 31 heavy (non-hydrogen) atoms. The first-order valence-electron chi connectivity index (χ1n) is 9.53. The number of nitrogen functional groups attached to an aromatic ring is 1. The number of carbonyl (C=O) groups is 1. The Morgan fingerprint density at radius 1 is 1.35 bits per heavy atom. The van der Waals surface area contributed by atoms with E-state index < -0.39 is 28.9 Å². The molecule has 9 nitrogen and oxygen atoms in total. The van der Waals surface area contributed by atoms with Crippen LogP contribution in [0.25, 0.3) is 11.0 Å². The highest BCUT2D eigenvalue weighted by molar-refractivity contribution is 6.31. The number of carbonyl (C=O) groups excluding carboxylic acids is 1. The molecule has 1 aliphatic heterocycles. The van der Waals surface area contributed by atoms with Crippen molar-refractivity contribution < 1.29 is 18.8 Å². The van der Waals surface area contributed by atoms with Crippen LogP contribution in [-0.2, 0) is 9.53 Å². The highest BCUT2D eigenvalue weighted by Gasteiger charge is 2.36. The van der Waals surface area contributed by atoms with Gasteiger partial charge in [-0.15, -0.1) is 0 Å². The Bertz CT molecular complexity index is 1180. The maximum absolute atomic E-state index is 13.9. The third kappa shape index (κ3) is 3.98. The summed E-state index contributed by atoms with van der Waals surface area (Å²) in [6, 6.07) is 8.04. The van der Waals surface area contributed by atoms with Gasteiger partial charge in [0.2, 0.25) is 5.95 Å². The Kier molecular flexibility index (Phi) is 5.40. The van der Waals surface area contributed by atoms with Gasteiger partial charge in [0.15, 0.2) is 0 Å². The van der Waals surface area contributed by atoms with Gasteiger partial charge in [-0.3, -0.25) is 14.9 Å². The highest BCUT2D eigenvalue weighted by atomic mass is 35.5. The lowest BCUT2D eigenvalue weighted by molar-refractivity contribution is -0.384. The van der Waals surface area contributed by atoms with Crippen molar-refractivity contribution in [2.45, 2.75) is 25.5 Å². The van der Waals surface area contributed by atoms with Crippen molar-refractivity contribution in [1.29, 1.82) is 0 Å². The molecule has 0 spiro atoms. The number of ether oxygens (including phenoxy) is 1. The van der Waals surface area contributed by atoms with Gasteiger partial charge in [0.25, 0.3) is 5.69 Å². The van der Waals surface area contributed by atoms with Crippen LogP contribution in [0.4, 0.5) is 21.7 Å². The van der Waals surface area contributed by atoms with E-state index in [2.05, 4.69) is 4.98 Å². The molecule has 0 bridgehead atoms. The molecule has 2 aromatic carbocycles. The minimum atomic E-state index is -0.701. The number of piperidine rings is 1. The van der Waals surface area contributed by atoms with Crippen molar-refractivity contribution in [1.82, 2.24) is 9.55 Å². The molecular formula is C20H19ClFN5O4. The van der Waals surface area contributed by atoms with Crippen LogP contribution in [-0.4, -0.2) is 39.6 Å². The first-order chi connectivity index (χ1) is 14.7. The lowest BCUT2D eigenvalue weighted by Gasteiger charge is -2.39. The molecule has 2 N–H and O–H groups in total. The summed E-state index contributed by atoms with van der Waals surface area (Å²) in [6.45, 7) is 1.85. The highest BCUT2D eigenvalue weighted by Crippen LogP contribution is 2.37. The number of nitro groups is 1. The van der Waals surface area contributed by atoms with E-state index in [-0.39, 0.29) is 18.2 Å². The Hall–Kier alpha value is -3.40. The first-order valence-corrected chi connectivity index (χ1v) is 9.91. The van der Waals surface area contributed by atoms with Crippen LogP contribution >= 0.6 is 11.6 Å². The van der Waals surface area contributed by atoms with Gasteiger partial charge in [0.1, 0.15) is 17.6 Å². The number of hydrogen-bond acceptors (Lipinski definition) is 7. The largest absolute Gasteiger partial charge is 0.458 e. The summed E-state index contributed by atoms with van der Waals surface area (Å²) in [5.74, 6) is -0.777. The number of rotatable bonds is 4. The molecule has 1 unspecified atom stereocenters. The van der Waals surface area contributed by atoms with Crippen LogP contribution < -0.4 is 10.6 Å². The number of imidazole rings is 1. The van der Waals surface area contributed by atoms with Gasteiger partial charge in [-0.2, -0.15) is 0 Å². The van der Waals surface area contributed by atoms with Crippen molar-refractivity contribution in [3.8, 4) is 0 Å². The summed E-state index contributed by atoms with van der Waals surface area (Å²) < 4.78 is 21.1. The van der Waals surface area contributed by atoms with E-state index in [0.717, 1.165) is 0 Å². The van der Waals surface area contributed by atoms with Gasteiger partial charge in [-0.05, 0) is 36.8 Å². The quantitative estimate of drug-likeness (QED) is 0.368. The molecule has 11 heteroatoms. The number of nitrogens with zero attached hydrogens (tertiary/aromatic N) is 4. The number of nitrogens with two attached hydrogens (primary N) is 1. The molecule has 0 radical (unpaired) electrons. The lowest BCUT2D eigenvalue weighted by atomic mass is 9.99. The Morgan fingerprint density at radius 3 is 2.84 bits per heavy atom. The molecule has 4 rings (SSSR count). The van der Waals surface area contributed by atoms with Crippen molar-refractivity contribution in [3.63, 3.8) is 0 Å². The van der Waals surface area contributed by atoms with E-state index >= 15 is 0 Å². The van der Waals surface area contributed by atoms with Crippen molar-refractivity contribution in [2.24, 2.45) is 0 Å². The van der Waals surface area contributed by atoms with E-state index in [1.54, 1.807) is 9.47 Å². The van der Waals surface area contributed by atoms with E-state index in [1.807, 2.05) is 0 Å². The van der Waals surface area contributed by atoms with Gasteiger partial charge in [-0.25, -0.2) is 9.37 Å². The van der Waals surface area contributed by atoms with Gasteiger partial charge in [0, 0.05) is 24.6 Å². The van der Waals surface area contributed by atoms with E-state index in [0.29, 0.717) is 34.7 Å². The summed E-state index contributed by atoms with van der Waals surface area (Å²) in [6.07, 6.45) is -0.277. The molecule has 0 amide bonds. The molecule has 1 saturated heterocycles. The number of nitro benzene ring substituents is 1. The van der Waals surface area contributed by atoms with Crippen LogP contribution in [0.15, 0.2) is 36.4 Å². The second-order valence-corrected chi connectivity index (χ2v) is 7.75. The molecule has 1 aromatic heterocycles. The summed E-state index contributed by atoms with van der Waals surface area (Å²) in [5, 5.41) is 11.8. The third-order valence-corrected chi connectivity index (χ3v) is 5.56. The molecule has 2 heterocycles. The number of esters is 1. The number of halogens is 2. The molecule has 162 valence electrons. The average Bonchev–Trinajstić information content (AvgIpc) is 3.02. The van der Waals surface area contributed by atoms with E-state index in [9.17, 15) is 19.3 Å². The molecule has 2 atom stereocenters. The minimum Gasteiger partial charge on any atom is -0.458 e. The molecule has 0 saturated carbocycles. The fourth-order valence-electron chi connectivity index (χ4n) is 4.08. The van der Waals surface area contributed by atoms with Gasteiger partial charge >= 0.3 is 5.97 Å². The van der Waals surface area contributed by atoms with Crippen LogP contribution in [0.5, 0.6) is 0 Å². The predicted molar refractivity (Wildman–Crippen MR) is 114 cm³/mol. The second-order valence-electron chi connectivity index (χ2n) is 7.31. The van der Waals surface area contributed by atoms with Crippen molar-refractivity contribution >= 4 is 45.9 Å². The first kappa shape index (κ1) is 20.9. The van der Waals surface area contributed by atoms with E-state index in [4.69, 9.17) is 22.1 Å². The van der Waals surface area contributed by atoms with Gasteiger partial charge in [0.05, 0.1) is 28.5 Å². The Balaban J connectivity index is 1.74. The zero-order valence-electron chi connectivity index (χ0n) is 16.5. The number of benzene rings is 2. The zero-order chi connectivity index (χ0) is 22.3. The van der Waals surface area contributed by atoms with Crippen LogP contribution in [0.3, 0.4) is 0 Å². The van der Waals surface area contributed by atoms with Crippen LogP contribution in [0, 0.1) is 15.9 Å². The normalized spacial score (nSPS) is 18.9. The molecular weight excluding hydrogens is 429 g/mol. The molecule has 3 aromatic rings. The number of hydrogen-bond donors (Lipinski definition) is 1. The number of aromatic nitrogens is 2. The van der Waals surface area contributed by atoms with Gasteiger partial charge < -0.3 is 19.9 Å². The van der Waals surface area contributed by atoms with Crippen LogP contribution in [0.2, 0.25) is 5.02 Å². The fraction of sp³-hybridized carbons (Fsp3) is 0.300. The average molecular weight is 448 g/mol. The summed E-state index contributed by atoms with van der Waals surface area (Å²) >= 11 is 6.07. The smallest absolute Gasteiger partial charge is 0.303 e. The minimum absolute atomic E-state index is 0.0981. The SMILES string of the molecule is CC(=O)O[C@H]1CN(c2cc(Cl)ccc2[N+](=O)[O-])CCC1n1c(N)nc2ccc(F)cc21. The van der Waals surface area contributed by atoms with Gasteiger partial charge in [-0.1, -0.05) is 11.6 Å². The van der Waals surface area contributed by atoms with Crippen LogP contribution in [0.1, 0.15) is 19.4 Å². The van der Waals surface area contributed by atoms with Crippen molar-refractivity contribution in [2.75, 3.05) is 23.7 Å². The number of fused-ring (bicyclic) bond motifs is 1. The maximum atomic E-state index is 13.9. The maximum Gasteiger partial charge on any atom is 0.303 e. The molecule has 0 aliphatic carbocycles. The third-order valence-electron chi connectivity index (χ3n) is 5.33. The summed E-state index contributed by atoms with van der Waals surface area (Å²) in [7, 11) is 0. The Labute approximate surface area is 181 Å². The summed E-state index contributed by atoms with van der Waals surface area (Å²) in [4.78, 5) is 28.9. The molecule has 1 aliphatic rings. The second kappa shape index (κ2) is 8.03. The predicted octanol–water partition coefficient (Wildman–Crippen LogP) is 3.70. The fourth-order valence-corrected chi connectivity index (χ4v) is 4.25. The Morgan fingerprint density at radius 2 is 2.13 bits per heavy atom. The van der Waals surface area contributed by atoms with Crippen molar-refractivity contribution in [3.05, 3.63) is 57.4 Å². The zero-order valence-corrected chi connectivity index (χ0v) is 17.3. The number of anilines is 2. The lowest BCUT2D eigenvalue weighted by Crippen LogP contribution is -2.47. The monoisotopic (exact) mass is 447 g/mol. The topological polar surface area (TPSA) is 117 Å². The van der Waals surface area contributed by atoms with E-state index in [1.165, 1.54) is 43.3 Å².